The third-order valence-corrected chi connectivity index (χ3v) is 4.76. The largest absolute Gasteiger partial charge is 0.486 e. The topological polar surface area (TPSA) is 61.5 Å². The molecule has 138 valence electrons. The molecule has 3 aromatic rings. The van der Waals surface area contributed by atoms with E-state index in [2.05, 4.69) is 15.9 Å². The second-order valence-electron chi connectivity index (χ2n) is 5.85. The lowest BCUT2D eigenvalue weighted by molar-refractivity contribution is 0.0728. The first kappa shape index (κ1) is 18.9. The average Bonchev–Trinajstić information content (AvgIpc) is 2.69. The number of nitrogen functional groups attached to an aromatic ring is 1. The van der Waals surface area contributed by atoms with E-state index in [4.69, 9.17) is 15.2 Å². The zero-order chi connectivity index (χ0) is 19.4. The maximum Gasteiger partial charge on any atom is 0.347 e. The van der Waals surface area contributed by atoms with Crippen LogP contribution in [0, 0.1) is 12.7 Å². The molecule has 0 aliphatic carbocycles. The van der Waals surface area contributed by atoms with Crippen LogP contribution < -0.4 is 15.2 Å². The van der Waals surface area contributed by atoms with Crippen molar-refractivity contribution in [2.24, 2.45) is 0 Å². The van der Waals surface area contributed by atoms with Gasteiger partial charge in [-0.3, -0.25) is 0 Å². The van der Waals surface area contributed by atoms with Crippen LogP contribution in [0.15, 0.2) is 65.1 Å². The number of ether oxygens (including phenoxy) is 2. The number of esters is 1. The summed E-state index contributed by atoms with van der Waals surface area (Å²) in [5.41, 5.74) is 6.99. The van der Waals surface area contributed by atoms with Crippen LogP contribution in [0.3, 0.4) is 0 Å². The van der Waals surface area contributed by atoms with Gasteiger partial charge in [0.05, 0.1) is 10.2 Å². The zero-order valence-electron chi connectivity index (χ0n) is 14.5. The number of hydrogen-bond acceptors (Lipinski definition) is 4. The molecule has 0 radical (unpaired) electrons. The van der Waals surface area contributed by atoms with Gasteiger partial charge in [0.25, 0.3) is 0 Å². The molecule has 0 spiro atoms. The van der Waals surface area contributed by atoms with Crippen LogP contribution in [0.2, 0.25) is 0 Å². The minimum Gasteiger partial charge on any atom is -0.486 e. The Balaban J connectivity index is 1.99. The summed E-state index contributed by atoms with van der Waals surface area (Å²) in [4.78, 5) is 12.7. The first-order valence-electron chi connectivity index (χ1n) is 8.20. The number of carbonyl (C=O) groups excluding carboxylic acids is 1. The highest BCUT2D eigenvalue weighted by Crippen LogP contribution is 2.39. The van der Waals surface area contributed by atoms with Gasteiger partial charge < -0.3 is 15.2 Å². The number of anilines is 1. The molecule has 6 heteroatoms. The molecule has 0 atom stereocenters. The van der Waals surface area contributed by atoms with Crippen LogP contribution in [0.5, 0.6) is 11.5 Å². The number of halogens is 2. The van der Waals surface area contributed by atoms with Gasteiger partial charge in [-0.15, -0.1) is 0 Å². The minimum atomic E-state index is -0.736. The van der Waals surface area contributed by atoms with Crippen molar-refractivity contribution in [3.63, 3.8) is 0 Å². The highest BCUT2D eigenvalue weighted by atomic mass is 79.9. The van der Waals surface area contributed by atoms with E-state index >= 15 is 0 Å². The Bertz CT molecular complexity index is 962. The molecule has 0 fully saturated rings. The van der Waals surface area contributed by atoms with E-state index in [0.717, 1.165) is 5.56 Å². The van der Waals surface area contributed by atoms with Crippen molar-refractivity contribution in [3.05, 3.63) is 87.6 Å². The van der Waals surface area contributed by atoms with Gasteiger partial charge in [0.2, 0.25) is 0 Å². The summed E-state index contributed by atoms with van der Waals surface area (Å²) in [6.45, 7) is 1.66. The van der Waals surface area contributed by atoms with Crippen LogP contribution in [-0.2, 0) is 6.61 Å². The maximum atomic E-state index is 14.5. The molecule has 2 N–H and O–H groups in total. The molecular weight excluding hydrogens is 413 g/mol. The van der Waals surface area contributed by atoms with Gasteiger partial charge in [0, 0.05) is 5.56 Å². The zero-order valence-corrected chi connectivity index (χ0v) is 16.1. The number of hydrogen-bond donors (Lipinski definition) is 1. The van der Waals surface area contributed by atoms with Crippen LogP contribution in [0.1, 0.15) is 21.5 Å². The highest BCUT2D eigenvalue weighted by molar-refractivity contribution is 9.10. The van der Waals surface area contributed by atoms with Gasteiger partial charge in [-0.1, -0.05) is 48.5 Å². The fourth-order valence-electron chi connectivity index (χ4n) is 2.57. The smallest absolute Gasteiger partial charge is 0.347 e. The Hall–Kier alpha value is -2.86. The van der Waals surface area contributed by atoms with Crippen molar-refractivity contribution in [1.29, 1.82) is 0 Å². The fraction of sp³-hybridized carbons (Fsp3) is 0.0952. The van der Waals surface area contributed by atoms with Crippen LogP contribution in [-0.4, -0.2) is 5.97 Å². The van der Waals surface area contributed by atoms with Crippen molar-refractivity contribution >= 4 is 27.6 Å². The number of nitrogens with two attached hydrogens (primary N) is 1. The summed E-state index contributed by atoms with van der Waals surface area (Å²) in [5.74, 6) is -0.928. The standard InChI is InChI=1S/C21H17BrFNO3/c1-13-16(21(25)27-15-10-6-3-7-11-15)20(19(24)17(22)18(13)23)26-12-14-8-4-2-5-9-14/h2-11H,12,24H2,1H3. The first-order valence-corrected chi connectivity index (χ1v) is 8.99. The highest BCUT2D eigenvalue weighted by Gasteiger charge is 2.26. The molecule has 0 bridgehead atoms. The van der Waals surface area contributed by atoms with Crippen LogP contribution >= 0.6 is 15.9 Å². The molecule has 0 aromatic heterocycles. The molecule has 27 heavy (non-hydrogen) atoms. The molecule has 0 amide bonds. The van der Waals surface area contributed by atoms with Gasteiger partial charge in [-0.25, -0.2) is 9.18 Å². The molecule has 4 nitrogen and oxygen atoms in total. The third kappa shape index (κ3) is 4.11. The average molecular weight is 430 g/mol. The Kier molecular flexibility index (Phi) is 5.76. The lowest BCUT2D eigenvalue weighted by atomic mass is 10.1. The summed E-state index contributed by atoms with van der Waals surface area (Å²) >= 11 is 3.13. The Morgan fingerprint density at radius 1 is 1.07 bits per heavy atom. The molecule has 0 saturated carbocycles. The Morgan fingerprint density at radius 2 is 1.67 bits per heavy atom. The number of carbonyl (C=O) groups is 1. The second-order valence-corrected chi connectivity index (χ2v) is 6.64. The predicted octanol–water partition coefficient (Wildman–Crippen LogP) is 5.28. The van der Waals surface area contributed by atoms with Gasteiger partial charge >= 0.3 is 5.97 Å². The molecule has 0 saturated heterocycles. The number of benzene rings is 3. The summed E-state index contributed by atoms with van der Waals surface area (Å²) in [6, 6.07) is 17.9. The second kappa shape index (κ2) is 8.22. The minimum absolute atomic E-state index is 0.00837. The monoisotopic (exact) mass is 429 g/mol. The van der Waals surface area contributed by atoms with Crippen LogP contribution in [0.25, 0.3) is 0 Å². The van der Waals surface area contributed by atoms with E-state index < -0.39 is 11.8 Å². The summed E-state index contributed by atoms with van der Waals surface area (Å²) < 4.78 is 25.7. The van der Waals surface area contributed by atoms with E-state index in [1.807, 2.05) is 30.3 Å². The van der Waals surface area contributed by atoms with Crippen molar-refractivity contribution in [3.8, 4) is 11.5 Å². The Labute approximate surface area is 164 Å². The van der Waals surface area contributed by atoms with Crippen molar-refractivity contribution in [2.75, 3.05) is 5.73 Å². The molecule has 0 unspecified atom stereocenters. The van der Waals surface area contributed by atoms with Crippen molar-refractivity contribution < 1.29 is 18.7 Å². The van der Waals surface area contributed by atoms with E-state index in [9.17, 15) is 9.18 Å². The quantitative estimate of drug-likeness (QED) is 0.340. The SMILES string of the molecule is Cc1c(F)c(Br)c(N)c(OCc2ccccc2)c1C(=O)Oc1ccccc1. The van der Waals surface area contributed by atoms with Gasteiger partial charge in [-0.05, 0) is 40.5 Å². The van der Waals surface area contributed by atoms with Gasteiger partial charge in [0.1, 0.15) is 23.7 Å². The molecule has 0 heterocycles. The summed E-state index contributed by atoms with van der Waals surface area (Å²) in [5, 5.41) is 0. The maximum absolute atomic E-state index is 14.5. The first-order chi connectivity index (χ1) is 13.0. The van der Waals surface area contributed by atoms with Crippen LogP contribution in [0.4, 0.5) is 10.1 Å². The number of para-hydroxylation sites is 1. The normalized spacial score (nSPS) is 10.5. The van der Waals surface area contributed by atoms with Gasteiger partial charge in [-0.2, -0.15) is 0 Å². The summed E-state index contributed by atoms with van der Waals surface area (Å²) in [7, 11) is 0. The van der Waals surface area contributed by atoms with Crippen molar-refractivity contribution in [2.45, 2.75) is 13.5 Å². The van der Waals surface area contributed by atoms with E-state index in [-0.39, 0.29) is 33.6 Å². The lowest BCUT2D eigenvalue weighted by Crippen LogP contribution is -2.16. The molecule has 0 aliphatic rings. The lowest BCUT2D eigenvalue weighted by Gasteiger charge is -2.18. The van der Waals surface area contributed by atoms with E-state index in [1.54, 1.807) is 30.3 Å². The number of rotatable bonds is 5. The predicted molar refractivity (Wildman–Crippen MR) is 105 cm³/mol. The van der Waals surface area contributed by atoms with Crippen molar-refractivity contribution in [1.82, 2.24) is 0 Å². The van der Waals surface area contributed by atoms with Gasteiger partial charge in [0.15, 0.2) is 5.75 Å². The molecular formula is C21H17BrFNO3. The molecule has 3 aromatic carbocycles. The summed E-state index contributed by atoms with van der Waals surface area (Å²) in [6.07, 6.45) is 0. The molecule has 0 aliphatic heterocycles. The third-order valence-electron chi connectivity index (χ3n) is 3.99. The van der Waals surface area contributed by atoms with E-state index in [0.29, 0.717) is 5.75 Å². The fourth-order valence-corrected chi connectivity index (χ4v) is 3.05. The Morgan fingerprint density at radius 3 is 2.30 bits per heavy atom. The van der Waals surface area contributed by atoms with E-state index in [1.165, 1.54) is 6.92 Å². The molecule has 3 rings (SSSR count).